The summed E-state index contributed by atoms with van der Waals surface area (Å²) in [5, 5.41) is 5.48. The quantitative estimate of drug-likeness (QED) is 0.327. The molecule has 0 rings (SSSR count). The molecule has 0 saturated heterocycles. The van der Waals surface area contributed by atoms with Crippen molar-refractivity contribution in [2.45, 2.75) is 18.9 Å². The molecule has 110 valence electrons. The van der Waals surface area contributed by atoms with Crippen LogP contribution in [0.4, 0.5) is 0 Å². The molecular weight excluding hydrogens is 252 g/mol. The van der Waals surface area contributed by atoms with Crippen molar-refractivity contribution in [2.75, 3.05) is 40.0 Å². The largest absolute Gasteiger partial charge is 0.377 e. The zero-order valence-electron chi connectivity index (χ0n) is 11.2. The summed E-state index contributed by atoms with van der Waals surface area (Å²) in [6, 6.07) is -0.281. The van der Waals surface area contributed by atoms with Crippen LogP contribution in [0.5, 0.6) is 0 Å². The number of hydrogen-bond acceptors (Lipinski definition) is 6. The van der Waals surface area contributed by atoms with Gasteiger partial charge in [-0.3, -0.25) is 4.79 Å². The van der Waals surface area contributed by atoms with Crippen molar-refractivity contribution in [2.24, 2.45) is 0 Å². The average Bonchev–Trinajstić information content (AvgIpc) is 2.43. The lowest BCUT2D eigenvalue weighted by Gasteiger charge is -2.09. The molecule has 19 heavy (non-hydrogen) atoms. The predicted octanol–water partition coefficient (Wildman–Crippen LogP) is -1.10. The van der Waals surface area contributed by atoms with E-state index < -0.39 is 0 Å². The number of aldehydes is 2. The van der Waals surface area contributed by atoms with Gasteiger partial charge in [0, 0.05) is 13.0 Å². The average molecular weight is 274 g/mol. The van der Waals surface area contributed by atoms with Crippen LogP contribution in [-0.2, 0) is 23.9 Å². The Hall–Kier alpha value is -1.31. The second kappa shape index (κ2) is 13.1. The molecule has 0 radical (unpaired) electrons. The predicted molar refractivity (Wildman–Crippen MR) is 68.9 cm³/mol. The standard InChI is InChI=1S/C12H22N2O5/c1-13-11(10-16)2-3-12(17)14-4-6-18-8-9-19-7-5-15/h5,10-11,13H,2-4,6-9H2,1H3,(H,14,17). The van der Waals surface area contributed by atoms with Gasteiger partial charge in [-0.15, -0.1) is 0 Å². The smallest absolute Gasteiger partial charge is 0.220 e. The fourth-order valence-electron chi connectivity index (χ4n) is 1.27. The molecule has 7 nitrogen and oxygen atoms in total. The molecule has 2 N–H and O–H groups in total. The maximum atomic E-state index is 11.4. The van der Waals surface area contributed by atoms with Crippen molar-refractivity contribution in [1.82, 2.24) is 10.6 Å². The molecule has 0 heterocycles. The van der Waals surface area contributed by atoms with Gasteiger partial charge >= 0.3 is 0 Å². The zero-order valence-corrected chi connectivity index (χ0v) is 11.2. The molecule has 1 atom stereocenters. The summed E-state index contributed by atoms with van der Waals surface area (Å²) >= 11 is 0. The number of nitrogens with one attached hydrogen (secondary N) is 2. The van der Waals surface area contributed by atoms with Crippen LogP contribution < -0.4 is 10.6 Å². The minimum Gasteiger partial charge on any atom is -0.377 e. The van der Waals surface area contributed by atoms with Gasteiger partial charge in [-0.2, -0.15) is 0 Å². The minimum atomic E-state index is -0.281. The highest BCUT2D eigenvalue weighted by Crippen LogP contribution is 1.93. The highest BCUT2D eigenvalue weighted by Gasteiger charge is 2.07. The van der Waals surface area contributed by atoms with E-state index in [2.05, 4.69) is 10.6 Å². The van der Waals surface area contributed by atoms with Crippen LogP contribution in [0.3, 0.4) is 0 Å². The van der Waals surface area contributed by atoms with E-state index in [1.807, 2.05) is 0 Å². The van der Waals surface area contributed by atoms with E-state index >= 15 is 0 Å². The summed E-state index contributed by atoms with van der Waals surface area (Å²) in [6.07, 6.45) is 2.24. The number of ether oxygens (including phenoxy) is 2. The minimum absolute atomic E-state index is 0.0729. The first-order valence-corrected chi connectivity index (χ1v) is 6.23. The van der Waals surface area contributed by atoms with E-state index in [0.717, 1.165) is 6.29 Å². The van der Waals surface area contributed by atoms with Gasteiger partial charge in [0.05, 0.1) is 25.9 Å². The molecule has 0 aliphatic rings. The highest BCUT2D eigenvalue weighted by molar-refractivity contribution is 5.76. The Morgan fingerprint density at radius 1 is 1.21 bits per heavy atom. The Labute approximate surface area is 113 Å². The van der Waals surface area contributed by atoms with Crippen LogP contribution in [0.15, 0.2) is 0 Å². The van der Waals surface area contributed by atoms with Crippen molar-refractivity contribution >= 4 is 18.5 Å². The molecule has 7 heteroatoms. The van der Waals surface area contributed by atoms with Crippen LogP contribution in [0.2, 0.25) is 0 Å². The normalized spacial score (nSPS) is 11.8. The Morgan fingerprint density at radius 3 is 2.58 bits per heavy atom. The first-order valence-electron chi connectivity index (χ1n) is 6.23. The first-order chi connectivity index (χ1) is 9.24. The molecule has 0 aliphatic carbocycles. The maximum Gasteiger partial charge on any atom is 0.220 e. The van der Waals surface area contributed by atoms with Crippen LogP contribution in [0.25, 0.3) is 0 Å². The van der Waals surface area contributed by atoms with Gasteiger partial charge in [0.25, 0.3) is 0 Å². The number of amides is 1. The summed E-state index contributed by atoms with van der Waals surface area (Å²) in [7, 11) is 1.68. The molecule has 0 aromatic rings. The molecule has 1 unspecified atom stereocenters. The summed E-state index contributed by atoms with van der Waals surface area (Å²) in [5.74, 6) is -0.108. The van der Waals surface area contributed by atoms with Crippen molar-refractivity contribution in [3.8, 4) is 0 Å². The Bertz CT molecular complexity index is 261. The van der Waals surface area contributed by atoms with Gasteiger partial charge in [-0.1, -0.05) is 0 Å². The van der Waals surface area contributed by atoms with Crippen LogP contribution >= 0.6 is 0 Å². The molecule has 0 aliphatic heterocycles. The van der Waals surface area contributed by atoms with E-state index in [9.17, 15) is 14.4 Å². The van der Waals surface area contributed by atoms with E-state index in [0.29, 0.717) is 45.5 Å². The lowest BCUT2D eigenvalue weighted by Crippen LogP contribution is -2.31. The third kappa shape index (κ3) is 11.5. The third-order valence-corrected chi connectivity index (χ3v) is 2.34. The van der Waals surface area contributed by atoms with Crippen molar-refractivity contribution in [3.63, 3.8) is 0 Å². The summed E-state index contributed by atoms with van der Waals surface area (Å²) in [5.41, 5.74) is 0. The second-order valence-electron chi connectivity index (χ2n) is 3.77. The Kier molecular flexibility index (Phi) is 12.2. The zero-order chi connectivity index (χ0) is 14.3. The number of rotatable bonds is 13. The van der Waals surface area contributed by atoms with Gasteiger partial charge in [0.15, 0.2) is 0 Å². The van der Waals surface area contributed by atoms with E-state index in [1.165, 1.54) is 0 Å². The molecular formula is C12H22N2O5. The molecule has 0 aromatic heterocycles. The number of likely N-dealkylation sites (N-methyl/N-ethyl adjacent to an activating group) is 1. The monoisotopic (exact) mass is 274 g/mol. The van der Waals surface area contributed by atoms with Crippen LogP contribution in [-0.4, -0.2) is 64.5 Å². The third-order valence-electron chi connectivity index (χ3n) is 2.34. The van der Waals surface area contributed by atoms with E-state index in [1.54, 1.807) is 7.05 Å². The van der Waals surface area contributed by atoms with Crippen molar-refractivity contribution in [1.29, 1.82) is 0 Å². The summed E-state index contributed by atoms with van der Waals surface area (Å²) < 4.78 is 10.1. The van der Waals surface area contributed by atoms with Crippen molar-refractivity contribution in [3.05, 3.63) is 0 Å². The van der Waals surface area contributed by atoms with Gasteiger partial charge in [0.1, 0.15) is 19.2 Å². The van der Waals surface area contributed by atoms with Crippen molar-refractivity contribution < 1.29 is 23.9 Å². The SMILES string of the molecule is CNC(C=O)CCC(=O)NCCOCCOCC=O. The molecule has 0 bridgehead atoms. The molecule has 0 aromatic carbocycles. The van der Waals surface area contributed by atoms with Gasteiger partial charge < -0.3 is 29.7 Å². The van der Waals surface area contributed by atoms with Crippen LogP contribution in [0.1, 0.15) is 12.8 Å². The topological polar surface area (TPSA) is 93.7 Å². The molecule has 0 saturated carbocycles. The molecule has 1 amide bonds. The van der Waals surface area contributed by atoms with Gasteiger partial charge in [0.2, 0.25) is 5.91 Å². The number of carbonyl (C=O) groups excluding carboxylic acids is 3. The number of carbonyl (C=O) groups is 3. The van der Waals surface area contributed by atoms with E-state index in [4.69, 9.17) is 9.47 Å². The molecule has 0 spiro atoms. The molecule has 0 fully saturated rings. The van der Waals surface area contributed by atoms with Gasteiger partial charge in [-0.25, -0.2) is 0 Å². The summed E-state index contributed by atoms with van der Waals surface area (Å²) in [4.78, 5) is 31.8. The summed E-state index contributed by atoms with van der Waals surface area (Å²) in [6.45, 7) is 1.62. The lowest BCUT2D eigenvalue weighted by atomic mass is 10.2. The fourth-order valence-corrected chi connectivity index (χ4v) is 1.27. The Morgan fingerprint density at radius 2 is 1.95 bits per heavy atom. The van der Waals surface area contributed by atoms with Crippen LogP contribution in [0, 0.1) is 0 Å². The fraction of sp³-hybridized carbons (Fsp3) is 0.750. The maximum absolute atomic E-state index is 11.4. The second-order valence-corrected chi connectivity index (χ2v) is 3.77. The lowest BCUT2D eigenvalue weighted by molar-refractivity contribution is -0.121. The first kappa shape index (κ1) is 17.7. The Balaban J connectivity index is 3.33. The number of hydrogen-bond donors (Lipinski definition) is 2. The van der Waals surface area contributed by atoms with Gasteiger partial charge in [-0.05, 0) is 13.5 Å². The van der Waals surface area contributed by atoms with E-state index in [-0.39, 0.29) is 18.6 Å². The highest BCUT2D eigenvalue weighted by atomic mass is 16.5.